The molecule has 4 nitrogen and oxygen atoms in total. The van der Waals surface area contributed by atoms with Gasteiger partial charge in [0.1, 0.15) is 11.4 Å². The van der Waals surface area contributed by atoms with Crippen LogP contribution in [0.15, 0.2) is 47.8 Å². The molecule has 0 radical (unpaired) electrons. The Balaban J connectivity index is 1.78. The number of rotatable bonds is 4. The quantitative estimate of drug-likeness (QED) is 0.339. The molecule has 1 N–H and O–H groups in total. The smallest absolute Gasteiger partial charge is 0.237 e. The van der Waals surface area contributed by atoms with E-state index in [-0.39, 0.29) is 5.91 Å². The van der Waals surface area contributed by atoms with Crippen molar-refractivity contribution in [1.29, 1.82) is 0 Å². The molecule has 1 heterocycles. The number of hydrogen-bond donors (Lipinski definition) is 1. The molecule has 0 saturated heterocycles. The van der Waals surface area contributed by atoms with E-state index in [2.05, 4.69) is 15.3 Å². The number of hydrogen-bond acceptors (Lipinski definition) is 4. The Labute approximate surface area is 163 Å². The average molecular weight is 413 g/mol. The van der Waals surface area contributed by atoms with Crippen LogP contribution >= 0.6 is 46.6 Å². The van der Waals surface area contributed by atoms with Crippen LogP contribution < -0.4 is 5.32 Å². The van der Waals surface area contributed by atoms with Crippen molar-refractivity contribution in [3.8, 4) is 0 Å². The summed E-state index contributed by atoms with van der Waals surface area (Å²) in [5, 5.41) is 5.00. The molecule has 1 atom stereocenters. The Morgan fingerprint density at radius 3 is 2.60 bits per heavy atom. The summed E-state index contributed by atoms with van der Waals surface area (Å²) >= 11 is 19.3. The van der Waals surface area contributed by atoms with Crippen molar-refractivity contribution >= 4 is 69.1 Å². The molecule has 0 aliphatic heterocycles. The summed E-state index contributed by atoms with van der Waals surface area (Å²) in [6.45, 7) is 1.79. The number of para-hydroxylation sites is 1. The first-order valence-electron chi connectivity index (χ1n) is 7.27. The molecule has 0 unspecified atom stereocenters. The van der Waals surface area contributed by atoms with Crippen LogP contribution in [0.5, 0.6) is 0 Å². The van der Waals surface area contributed by atoms with Crippen molar-refractivity contribution < 1.29 is 4.79 Å². The summed E-state index contributed by atoms with van der Waals surface area (Å²) in [6.07, 6.45) is 1.49. The van der Waals surface area contributed by atoms with Crippen molar-refractivity contribution in [2.45, 2.75) is 17.2 Å². The third-order valence-electron chi connectivity index (χ3n) is 3.43. The molecule has 3 rings (SSSR count). The number of halogens is 3. The van der Waals surface area contributed by atoms with E-state index < -0.39 is 5.25 Å². The number of aromatic nitrogens is 2. The minimum atomic E-state index is -0.399. The van der Waals surface area contributed by atoms with Gasteiger partial charge in [0.05, 0.1) is 31.5 Å². The number of benzene rings is 2. The van der Waals surface area contributed by atoms with Crippen LogP contribution in [0.25, 0.3) is 10.9 Å². The first-order valence-corrected chi connectivity index (χ1v) is 9.29. The number of carbonyl (C=O) groups is 1. The monoisotopic (exact) mass is 411 g/mol. The molecule has 0 fully saturated rings. The topological polar surface area (TPSA) is 54.9 Å². The standard InChI is InChI=1S/C17H12Cl3N3OS/c1-9(16(24)23-15-7-12(19)11(18)6-13(15)20)25-17-10-4-2-3-5-14(10)21-8-22-17/h2-9H,1H3,(H,23,24)/t9-/m1/s1. The van der Waals surface area contributed by atoms with E-state index in [1.165, 1.54) is 30.2 Å². The van der Waals surface area contributed by atoms with Crippen molar-refractivity contribution in [2.75, 3.05) is 5.32 Å². The third-order valence-corrected chi connectivity index (χ3v) is 5.58. The maximum Gasteiger partial charge on any atom is 0.237 e. The highest BCUT2D eigenvalue weighted by Gasteiger charge is 2.18. The van der Waals surface area contributed by atoms with E-state index in [4.69, 9.17) is 34.8 Å². The average Bonchev–Trinajstić information content (AvgIpc) is 2.60. The van der Waals surface area contributed by atoms with Gasteiger partial charge < -0.3 is 5.32 Å². The van der Waals surface area contributed by atoms with Gasteiger partial charge in [0.15, 0.2) is 0 Å². The van der Waals surface area contributed by atoms with Crippen LogP contribution in [0, 0.1) is 0 Å². The van der Waals surface area contributed by atoms with Gasteiger partial charge in [0, 0.05) is 5.39 Å². The van der Waals surface area contributed by atoms with Crippen LogP contribution in [-0.2, 0) is 4.79 Å². The molecule has 1 amide bonds. The summed E-state index contributed by atoms with van der Waals surface area (Å²) in [7, 11) is 0. The molecule has 8 heteroatoms. The van der Waals surface area contributed by atoms with Gasteiger partial charge >= 0.3 is 0 Å². The molecule has 0 aliphatic rings. The Kier molecular flexibility index (Phi) is 5.69. The van der Waals surface area contributed by atoms with E-state index >= 15 is 0 Å². The second-order valence-electron chi connectivity index (χ2n) is 5.19. The molecule has 0 saturated carbocycles. The van der Waals surface area contributed by atoms with E-state index in [0.717, 1.165) is 15.9 Å². The number of amides is 1. The van der Waals surface area contributed by atoms with Crippen molar-refractivity contribution in [1.82, 2.24) is 9.97 Å². The maximum atomic E-state index is 12.5. The molecular weight excluding hydrogens is 401 g/mol. The van der Waals surface area contributed by atoms with Gasteiger partial charge in [0.2, 0.25) is 5.91 Å². The van der Waals surface area contributed by atoms with Gasteiger partial charge in [-0.25, -0.2) is 9.97 Å². The fourth-order valence-electron chi connectivity index (χ4n) is 2.15. The fraction of sp³-hybridized carbons (Fsp3) is 0.118. The summed E-state index contributed by atoms with van der Waals surface area (Å²) in [4.78, 5) is 21.0. The fourth-order valence-corrected chi connectivity index (χ4v) is 3.65. The third kappa shape index (κ3) is 4.18. The minimum Gasteiger partial charge on any atom is -0.324 e. The summed E-state index contributed by atoms with van der Waals surface area (Å²) < 4.78 is 0. The van der Waals surface area contributed by atoms with Crippen molar-refractivity contribution in [2.24, 2.45) is 0 Å². The van der Waals surface area contributed by atoms with E-state index in [1.54, 1.807) is 6.92 Å². The minimum absolute atomic E-state index is 0.215. The predicted molar refractivity (Wildman–Crippen MR) is 105 cm³/mol. The van der Waals surface area contributed by atoms with Crippen LogP contribution in [0.3, 0.4) is 0 Å². The molecule has 3 aromatic rings. The summed E-state index contributed by atoms with van der Waals surface area (Å²) in [5.41, 5.74) is 1.25. The van der Waals surface area contributed by atoms with Gasteiger partial charge in [-0.2, -0.15) is 0 Å². The Morgan fingerprint density at radius 1 is 1.08 bits per heavy atom. The highest BCUT2D eigenvalue weighted by atomic mass is 35.5. The van der Waals surface area contributed by atoms with Gasteiger partial charge in [-0.15, -0.1) is 0 Å². The predicted octanol–water partition coefficient (Wildman–Crippen LogP) is 5.71. The Hall–Kier alpha value is -1.53. The van der Waals surface area contributed by atoms with Crippen LogP contribution in [0.4, 0.5) is 5.69 Å². The molecule has 0 aliphatic carbocycles. The Morgan fingerprint density at radius 2 is 1.80 bits per heavy atom. The molecule has 0 spiro atoms. The summed E-state index contributed by atoms with van der Waals surface area (Å²) in [6, 6.07) is 10.7. The number of nitrogens with zero attached hydrogens (tertiary/aromatic N) is 2. The van der Waals surface area contributed by atoms with E-state index in [1.807, 2.05) is 24.3 Å². The zero-order chi connectivity index (χ0) is 18.0. The largest absolute Gasteiger partial charge is 0.324 e. The molecule has 128 valence electrons. The number of nitrogens with one attached hydrogen (secondary N) is 1. The Bertz CT molecular complexity index is 946. The normalized spacial score (nSPS) is 12.2. The first-order chi connectivity index (χ1) is 12.0. The van der Waals surface area contributed by atoms with Crippen LogP contribution in [-0.4, -0.2) is 21.1 Å². The second kappa shape index (κ2) is 7.79. The first kappa shape index (κ1) is 18.3. The zero-order valence-corrected chi connectivity index (χ0v) is 16.0. The number of anilines is 1. The highest BCUT2D eigenvalue weighted by molar-refractivity contribution is 8.00. The lowest BCUT2D eigenvalue weighted by Gasteiger charge is -2.14. The van der Waals surface area contributed by atoms with Gasteiger partial charge in [-0.1, -0.05) is 64.8 Å². The molecular formula is C17H12Cl3N3OS. The van der Waals surface area contributed by atoms with Crippen LogP contribution in [0.1, 0.15) is 6.92 Å². The lowest BCUT2D eigenvalue weighted by atomic mass is 10.2. The number of fused-ring (bicyclic) bond motifs is 1. The highest BCUT2D eigenvalue weighted by Crippen LogP contribution is 2.33. The number of carbonyl (C=O) groups excluding carboxylic acids is 1. The molecule has 25 heavy (non-hydrogen) atoms. The van der Waals surface area contributed by atoms with Gasteiger partial charge in [-0.05, 0) is 25.1 Å². The number of thioether (sulfide) groups is 1. The van der Waals surface area contributed by atoms with Gasteiger partial charge in [-0.3, -0.25) is 4.79 Å². The summed E-state index contributed by atoms with van der Waals surface area (Å²) in [5.74, 6) is -0.215. The SMILES string of the molecule is C[C@@H](Sc1ncnc2ccccc12)C(=O)Nc1cc(Cl)c(Cl)cc1Cl. The van der Waals surface area contributed by atoms with E-state index in [0.29, 0.717) is 20.8 Å². The lowest BCUT2D eigenvalue weighted by molar-refractivity contribution is -0.115. The molecule has 1 aromatic heterocycles. The van der Waals surface area contributed by atoms with E-state index in [9.17, 15) is 4.79 Å². The molecule has 2 aromatic carbocycles. The van der Waals surface area contributed by atoms with Crippen LogP contribution in [0.2, 0.25) is 15.1 Å². The van der Waals surface area contributed by atoms with Crippen molar-refractivity contribution in [3.05, 3.63) is 57.8 Å². The maximum absolute atomic E-state index is 12.5. The lowest BCUT2D eigenvalue weighted by Crippen LogP contribution is -2.22. The zero-order valence-electron chi connectivity index (χ0n) is 13.0. The van der Waals surface area contributed by atoms with Gasteiger partial charge in [0.25, 0.3) is 0 Å². The molecule has 0 bridgehead atoms. The van der Waals surface area contributed by atoms with Crippen molar-refractivity contribution in [3.63, 3.8) is 0 Å². The second-order valence-corrected chi connectivity index (χ2v) is 7.74.